The Balaban J connectivity index is 1.61. The molecule has 1 atom stereocenters. The van der Waals surface area contributed by atoms with Crippen molar-refractivity contribution in [3.05, 3.63) is 35.9 Å². The van der Waals surface area contributed by atoms with Crippen molar-refractivity contribution < 1.29 is 18.3 Å². The summed E-state index contributed by atoms with van der Waals surface area (Å²) in [5.41, 5.74) is 0.954. The van der Waals surface area contributed by atoms with Gasteiger partial charge in [-0.05, 0) is 50.6 Å². The monoisotopic (exact) mass is 340 g/mol. The van der Waals surface area contributed by atoms with Crippen LogP contribution in [0.1, 0.15) is 38.2 Å². The summed E-state index contributed by atoms with van der Waals surface area (Å²) in [6, 6.07) is 8.88. The highest BCUT2D eigenvalue weighted by molar-refractivity contribution is 5.67. The third-order valence-corrected chi connectivity index (χ3v) is 4.49. The molecule has 0 aliphatic heterocycles. The first-order valence-electron chi connectivity index (χ1n) is 8.53. The predicted octanol–water partition coefficient (Wildman–Crippen LogP) is 3.71. The van der Waals surface area contributed by atoms with Gasteiger partial charge in [0.25, 0.3) is 6.43 Å². The van der Waals surface area contributed by atoms with Crippen molar-refractivity contribution in [2.24, 2.45) is 5.92 Å². The van der Waals surface area contributed by atoms with Crippen molar-refractivity contribution in [2.45, 2.75) is 57.7 Å². The minimum absolute atomic E-state index is 0.108. The van der Waals surface area contributed by atoms with Gasteiger partial charge in [-0.15, -0.1) is 0 Å². The summed E-state index contributed by atoms with van der Waals surface area (Å²) >= 11 is 0. The lowest BCUT2D eigenvalue weighted by Crippen LogP contribution is -2.41. The molecule has 4 nitrogen and oxygen atoms in total. The number of nitrogens with one attached hydrogen (secondary N) is 2. The molecule has 2 rings (SSSR count). The average Bonchev–Trinajstić information content (AvgIpc) is 2.60. The highest BCUT2D eigenvalue weighted by Gasteiger charge is 2.24. The number of carbonyl (C=O) groups excluding carboxylic acids is 1. The van der Waals surface area contributed by atoms with Crippen LogP contribution in [0.4, 0.5) is 13.6 Å². The highest BCUT2D eigenvalue weighted by atomic mass is 19.3. The number of halogens is 2. The van der Waals surface area contributed by atoms with E-state index in [1.165, 1.54) is 6.92 Å². The van der Waals surface area contributed by atoms with E-state index in [0.717, 1.165) is 31.2 Å². The first kappa shape index (κ1) is 18.6. The van der Waals surface area contributed by atoms with Crippen molar-refractivity contribution in [1.29, 1.82) is 0 Å². The van der Waals surface area contributed by atoms with Gasteiger partial charge in [0.2, 0.25) is 0 Å². The van der Waals surface area contributed by atoms with Crippen molar-refractivity contribution in [3.63, 3.8) is 0 Å². The second kappa shape index (κ2) is 9.57. The molecule has 1 amide bonds. The largest absolute Gasteiger partial charge is 0.445 e. The van der Waals surface area contributed by atoms with Gasteiger partial charge < -0.3 is 15.4 Å². The quantitative estimate of drug-likeness (QED) is 0.795. The predicted molar refractivity (Wildman–Crippen MR) is 89.0 cm³/mol. The van der Waals surface area contributed by atoms with Crippen LogP contribution in [0.3, 0.4) is 0 Å². The minimum atomic E-state index is -2.33. The first-order chi connectivity index (χ1) is 11.5. The standard InChI is InChI=1S/C18H26F2N2O2/c1-13(17(19)20)21-11-14-7-9-16(10-8-14)22-18(23)24-12-15-5-3-2-4-6-15/h2-6,13-14,16-17,21H,7-12H2,1H3,(H,22,23)/t13?,14-,16-. The van der Waals surface area contributed by atoms with Crippen LogP contribution in [-0.4, -0.2) is 31.1 Å². The van der Waals surface area contributed by atoms with Crippen LogP contribution in [-0.2, 0) is 11.3 Å². The number of rotatable bonds is 7. The van der Waals surface area contributed by atoms with Crippen molar-refractivity contribution in [1.82, 2.24) is 10.6 Å². The second-order valence-electron chi connectivity index (χ2n) is 6.46. The van der Waals surface area contributed by atoms with Gasteiger partial charge >= 0.3 is 6.09 Å². The molecule has 0 saturated heterocycles. The Kier molecular flexibility index (Phi) is 7.43. The van der Waals surface area contributed by atoms with Crippen LogP contribution < -0.4 is 10.6 Å². The maximum Gasteiger partial charge on any atom is 0.407 e. The summed E-state index contributed by atoms with van der Waals surface area (Å²) in [7, 11) is 0. The molecule has 0 radical (unpaired) electrons. The number of carbonyl (C=O) groups is 1. The normalized spacial score (nSPS) is 22.2. The van der Waals surface area contributed by atoms with E-state index in [4.69, 9.17) is 4.74 Å². The number of alkyl carbamates (subject to hydrolysis) is 1. The minimum Gasteiger partial charge on any atom is -0.445 e. The summed E-state index contributed by atoms with van der Waals surface area (Å²) in [5.74, 6) is 0.393. The topological polar surface area (TPSA) is 50.4 Å². The molecule has 6 heteroatoms. The van der Waals surface area contributed by atoms with E-state index in [-0.39, 0.29) is 12.6 Å². The summed E-state index contributed by atoms with van der Waals surface area (Å²) in [6.45, 7) is 2.37. The Bertz CT molecular complexity index is 491. The molecular weight excluding hydrogens is 314 g/mol. The Labute approximate surface area is 142 Å². The lowest BCUT2D eigenvalue weighted by molar-refractivity contribution is 0.101. The molecule has 24 heavy (non-hydrogen) atoms. The van der Waals surface area contributed by atoms with Gasteiger partial charge in [0, 0.05) is 6.04 Å². The first-order valence-corrected chi connectivity index (χ1v) is 8.53. The van der Waals surface area contributed by atoms with E-state index in [0.29, 0.717) is 12.5 Å². The van der Waals surface area contributed by atoms with E-state index >= 15 is 0 Å². The van der Waals surface area contributed by atoms with Gasteiger partial charge in [-0.2, -0.15) is 0 Å². The molecule has 1 aromatic carbocycles. The molecule has 134 valence electrons. The molecule has 1 fully saturated rings. The number of alkyl halides is 2. The highest BCUT2D eigenvalue weighted by Crippen LogP contribution is 2.24. The number of hydrogen-bond acceptors (Lipinski definition) is 3. The Morgan fingerprint density at radius 2 is 1.88 bits per heavy atom. The maximum atomic E-state index is 12.5. The van der Waals surface area contributed by atoms with E-state index in [9.17, 15) is 13.6 Å². The van der Waals surface area contributed by atoms with Crippen LogP contribution in [0.25, 0.3) is 0 Å². The lowest BCUT2D eigenvalue weighted by atomic mass is 9.86. The summed E-state index contributed by atoms with van der Waals surface area (Å²) in [5, 5.41) is 5.78. The van der Waals surface area contributed by atoms with E-state index in [2.05, 4.69) is 10.6 Å². The summed E-state index contributed by atoms with van der Waals surface area (Å²) < 4.78 is 30.1. The number of benzene rings is 1. The van der Waals surface area contributed by atoms with Gasteiger partial charge in [-0.1, -0.05) is 30.3 Å². The van der Waals surface area contributed by atoms with Crippen LogP contribution in [0.15, 0.2) is 30.3 Å². The molecule has 0 spiro atoms. The molecule has 1 saturated carbocycles. The molecule has 1 aliphatic carbocycles. The fourth-order valence-corrected chi connectivity index (χ4v) is 2.88. The number of ether oxygens (including phenoxy) is 1. The average molecular weight is 340 g/mol. The molecule has 0 aromatic heterocycles. The van der Waals surface area contributed by atoms with Crippen LogP contribution in [0, 0.1) is 5.92 Å². The molecule has 2 N–H and O–H groups in total. The fraction of sp³-hybridized carbons (Fsp3) is 0.611. The van der Waals surface area contributed by atoms with E-state index in [1.807, 2.05) is 30.3 Å². The molecule has 1 aliphatic rings. The van der Waals surface area contributed by atoms with E-state index < -0.39 is 18.6 Å². The molecule has 0 heterocycles. The second-order valence-corrected chi connectivity index (χ2v) is 6.46. The maximum absolute atomic E-state index is 12.5. The summed E-state index contributed by atoms with van der Waals surface area (Å²) in [6.07, 6.45) is 0.833. The number of hydrogen-bond donors (Lipinski definition) is 2. The van der Waals surface area contributed by atoms with Gasteiger partial charge in [0.15, 0.2) is 0 Å². The lowest BCUT2D eigenvalue weighted by Gasteiger charge is -2.29. The third kappa shape index (κ3) is 6.43. The molecule has 1 aromatic rings. The van der Waals surface area contributed by atoms with Crippen LogP contribution >= 0.6 is 0 Å². The zero-order chi connectivity index (χ0) is 17.4. The van der Waals surface area contributed by atoms with Crippen molar-refractivity contribution in [2.75, 3.05) is 6.54 Å². The Hall–Kier alpha value is -1.69. The summed E-state index contributed by atoms with van der Waals surface area (Å²) in [4.78, 5) is 11.8. The number of amides is 1. The van der Waals surface area contributed by atoms with Crippen molar-refractivity contribution in [3.8, 4) is 0 Å². The molecule has 1 unspecified atom stereocenters. The van der Waals surface area contributed by atoms with Crippen LogP contribution in [0.5, 0.6) is 0 Å². The Morgan fingerprint density at radius 1 is 1.21 bits per heavy atom. The third-order valence-electron chi connectivity index (χ3n) is 4.49. The van der Waals surface area contributed by atoms with Gasteiger partial charge in [-0.3, -0.25) is 0 Å². The zero-order valence-corrected chi connectivity index (χ0v) is 14.0. The SMILES string of the molecule is CC(NC[C@H]1CC[C@H](NC(=O)OCc2ccccc2)CC1)C(F)F. The van der Waals surface area contributed by atoms with Gasteiger partial charge in [0.1, 0.15) is 6.61 Å². The smallest absolute Gasteiger partial charge is 0.407 e. The van der Waals surface area contributed by atoms with Crippen LogP contribution in [0.2, 0.25) is 0 Å². The molecular formula is C18H26F2N2O2. The Morgan fingerprint density at radius 3 is 2.50 bits per heavy atom. The van der Waals surface area contributed by atoms with E-state index in [1.54, 1.807) is 0 Å². The van der Waals surface area contributed by atoms with Gasteiger partial charge in [-0.25, -0.2) is 13.6 Å². The van der Waals surface area contributed by atoms with Crippen molar-refractivity contribution >= 4 is 6.09 Å². The fourth-order valence-electron chi connectivity index (χ4n) is 2.88. The van der Waals surface area contributed by atoms with Gasteiger partial charge in [0.05, 0.1) is 6.04 Å². The zero-order valence-electron chi connectivity index (χ0n) is 14.0. The molecule has 0 bridgehead atoms.